The first-order valence-corrected chi connectivity index (χ1v) is 17.7. The molecule has 2 aliphatic rings. The summed E-state index contributed by atoms with van der Waals surface area (Å²) in [5.74, 6) is -0.316. The normalized spacial score (nSPS) is 19.9. The van der Waals surface area contributed by atoms with Crippen molar-refractivity contribution < 1.29 is 38.7 Å². The Morgan fingerprint density at radius 3 is 2.27 bits per heavy atom. The van der Waals surface area contributed by atoms with E-state index < -0.39 is 24.0 Å². The molecule has 0 saturated carbocycles. The first-order chi connectivity index (χ1) is 24.5. The fraction of sp³-hybridized carbons (Fsp3) is 0.538. The van der Waals surface area contributed by atoms with Crippen molar-refractivity contribution in [3.63, 3.8) is 0 Å². The quantitative estimate of drug-likeness (QED) is 0.0531. The number of carboxylic acid groups (broad SMARTS) is 2. The number of piperidine rings is 2. The molecule has 3 heterocycles. The van der Waals surface area contributed by atoms with Gasteiger partial charge in [0.1, 0.15) is 25.3 Å². The van der Waals surface area contributed by atoms with Crippen LogP contribution in [0.5, 0.6) is 11.8 Å². The number of carbonyl (C=O) groups is 2. The van der Waals surface area contributed by atoms with Crippen LogP contribution in [0.25, 0.3) is 0 Å². The van der Waals surface area contributed by atoms with Crippen molar-refractivity contribution in [1.29, 1.82) is 0 Å². The van der Waals surface area contributed by atoms with Gasteiger partial charge in [-0.1, -0.05) is 55.7 Å². The molecular weight excluding hydrogens is 652 g/mol. The highest BCUT2D eigenvalue weighted by Crippen LogP contribution is 2.27. The van der Waals surface area contributed by atoms with Crippen LogP contribution in [-0.2, 0) is 25.6 Å². The summed E-state index contributed by atoms with van der Waals surface area (Å²) in [5.41, 5.74) is 5.06. The molecule has 0 radical (unpaired) electrons. The lowest BCUT2D eigenvalue weighted by Gasteiger charge is -2.33. The molecule has 3 rings (SSSR count). The molecule has 0 spiro atoms. The van der Waals surface area contributed by atoms with Crippen molar-refractivity contribution in [3.8, 4) is 11.8 Å². The van der Waals surface area contributed by atoms with Gasteiger partial charge in [0.2, 0.25) is 23.5 Å². The third-order valence-electron chi connectivity index (χ3n) is 9.48. The highest BCUT2D eigenvalue weighted by atomic mass is 16.5. The van der Waals surface area contributed by atoms with Gasteiger partial charge in [-0.05, 0) is 89.3 Å². The molecule has 1 aromatic heterocycles. The Hall–Kier alpha value is -4.42. The topological polar surface area (TPSA) is 143 Å². The number of carboxylic acids is 2. The lowest BCUT2D eigenvalue weighted by Crippen LogP contribution is -2.47. The third-order valence-corrected chi connectivity index (χ3v) is 9.48. The zero-order valence-corrected chi connectivity index (χ0v) is 31.0. The molecule has 2 unspecified atom stereocenters. The van der Waals surface area contributed by atoms with E-state index in [4.69, 9.17) is 18.9 Å². The number of nitrogens with zero attached hydrogens (tertiary/aromatic N) is 4. The van der Waals surface area contributed by atoms with E-state index in [1.54, 1.807) is 19.3 Å². The zero-order chi connectivity index (χ0) is 37.3. The first-order valence-electron chi connectivity index (χ1n) is 17.7. The van der Waals surface area contributed by atoms with Gasteiger partial charge in [0.05, 0.1) is 20.8 Å². The van der Waals surface area contributed by atoms with Crippen LogP contribution in [-0.4, -0.2) is 102 Å². The van der Waals surface area contributed by atoms with Crippen LogP contribution in [0.1, 0.15) is 77.7 Å². The maximum absolute atomic E-state index is 11.9. The molecule has 2 fully saturated rings. The molecule has 0 amide bonds. The van der Waals surface area contributed by atoms with Gasteiger partial charge >= 0.3 is 11.9 Å². The minimum absolute atomic E-state index is 0.186. The van der Waals surface area contributed by atoms with Gasteiger partial charge in [-0.15, -0.1) is 0 Å². The Morgan fingerprint density at radius 2 is 1.67 bits per heavy atom. The summed E-state index contributed by atoms with van der Waals surface area (Å²) in [6.45, 7) is 16.4. The van der Waals surface area contributed by atoms with Crippen LogP contribution in [0.15, 0.2) is 76.7 Å². The van der Waals surface area contributed by atoms with Gasteiger partial charge in [0.15, 0.2) is 0 Å². The van der Waals surface area contributed by atoms with Gasteiger partial charge in [-0.2, -0.15) is 9.98 Å². The lowest BCUT2D eigenvalue weighted by molar-refractivity contribution is -0.145. The molecule has 2 atom stereocenters. The van der Waals surface area contributed by atoms with Crippen molar-refractivity contribution in [2.45, 2.75) is 90.8 Å². The molecule has 12 nitrogen and oxygen atoms in total. The third kappa shape index (κ3) is 12.7. The van der Waals surface area contributed by atoms with E-state index >= 15 is 0 Å². The Balaban J connectivity index is 1.78. The van der Waals surface area contributed by atoms with Crippen molar-refractivity contribution in [3.05, 3.63) is 77.3 Å². The van der Waals surface area contributed by atoms with E-state index in [1.807, 2.05) is 28.0 Å². The van der Waals surface area contributed by atoms with E-state index in [0.717, 1.165) is 54.4 Å². The number of pyridine rings is 1. The summed E-state index contributed by atoms with van der Waals surface area (Å²) in [7, 11) is 3.03. The van der Waals surface area contributed by atoms with Gasteiger partial charge in [0, 0.05) is 18.2 Å². The number of rotatable bonds is 19. The van der Waals surface area contributed by atoms with Crippen LogP contribution in [0.3, 0.4) is 0 Å². The molecule has 51 heavy (non-hydrogen) atoms. The number of methoxy groups -OCH3 is 2. The van der Waals surface area contributed by atoms with E-state index in [0.29, 0.717) is 56.6 Å². The molecule has 0 aromatic carbocycles. The molecular formula is C39H56N4O8. The van der Waals surface area contributed by atoms with Gasteiger partial charge in [0.25, 0.3) is 0 Å². The summed E-state index contributed by atoms with van der Waals surface area (Å²) in [4.78, 5) is 36.7. The Morgan fingerprint density at radius 1 is 1.00 bits per heavy atom. The van der Waals surface area contributed by atoms with Gasteiger partial charge < -0.3 is 29.2 Å². The number of hydrogen-bond donors (Lipinski definition) is 2. The summed E-state index contributed by atoms with van der Waals surface area (Å²) >= 11 is 0. The predicted molar refractivity (Wildman–Crippen MR) is 198 cm³/mol. The lowest BCUT2D eigenvalue weighted by atomic mass is 9.97. The van der Waals surface area contributed by atoms with Gasteiger partial charge in [-0.25, -0.2) is 0 Å². The van der Waals surface area contributed by atoms with E-state index in [9.17, 15) is 19.8 Å². The average Bonchev–Trinajstić information content (AvgIpc) is 3.13. The van der Waals surface area contributed by atoms with Crippen LogP contribution in [0, 0.1) is 0 Å². The Labute approximate surface area is 302 Å². The van der Waals surface area contributed by atoms with Crippen LogP contribution < -0.4 is 9.47 Å². The highest BCUT2D eigenvalue weighted by molar-refractivity contribution is 5.81. The Bertz CT molecular complexity index is 1500. The average molecular weight is 709 g/mol. The summed E-state index contributed by atoms with van der Waals surface area (Å²) in [6.07, 6.45) is 11.8. The van der Waals surface area contributed by atoms with Crippen LogP contribution in [0.2, 0.25) is 0 Å². The smallest absolute Gasteiger partial charge is 0.320 e. The number of aromatic nitrogens is 1. The minimum atomic E-state index is -0.846. The van der Waals surface area contributed by atoms with E-state index in [2.05, 4.69) is 43.9 Å². The fourth-order valence-electron chi connectivity index (χ4n) is 6.27. The van der Waals surface area contributed by atoms with Crippen molar-refractivity contribution >= 4 is 17.8 Å². The molecule has 0 bridgehead atoms. The summed E-state index contributed by atoms with van der Waals surface area (Å²) in [6, 6.07) is 2.56. The number of likely N-dealkylation sites (tertiary alicyclic amines) is 2. The second kappa shape index (κ2) is 21.1. The maximum Gasteiger partial charge on any atom is 0.320 e. The largest absolute Gasteiger partial charge is 0.481 e. The molecule has 2 aliphatic heterocycles. The SMILES string of the molecule is C=C/C=C\C(COc1ccc(CN2CCCCC2C(=O)O)c(OC)n1)=C(\C)C/C(COC(CN1CCCCC1C(=O)O)=NC(=C)OC)=C(/C)CC. The van der Waals surface area contributed by atoms with Crippen LogP contribution in [0.4, 0.5) is 0 Å². The number of hydrogen-bond acceptors (Lipinski definition) is 10. The second-order valence-corrected chi connectivity index (χ2v) is 13.0. The molecule has 2 saturated heterocycles. The number of allylic oxidation sites excluding steroid dienone is 4. The standard InChI is InChI=1S/C39H56N4O8/c1-8-10-15-31(25-50-35-19-18-30(37(41-35)49-7)23-42-20-13-11-16-33(42)38(44)45)28(4)22-32(27(3)9-2)26-51-36(40-29(5)48-6)24-43-21-14-12-17-34(43)39(46)47/h8,10,15,18-19,33-34H,1,5,9,11-14,16-17,20-26H2,2-4,6-7H3,(H,44,45)(H,46,47)/b15-10-,31-28+,32-27+,40-36?. The fourth-order valence-corrected chi connectivity index (χ4v) is 6.27. The number of ether oxygens (including phenoxy) is 4. The van der Waals surface area contributed by atoms with Crippen molar-refractivity contribution in [1.82, 2.24) is 14.8 Å². The van der Waals surface area contributed by atoms with Crippen molar-refractivity contribution in [2.75, 3.05) is 47.1 Å². The zero-order valence-electron chi connectivity index (χ0n) is 31.0. The highest BCUT2D eigenvalue weighted by Gasteiger charge is 2.31. The summed E-state index contributed by atoms with van der Waals surface area (Å²) < 4.78 is 23.3. The molecule has 1 aromatic rings. The minimum Gasteiger partial charge on any atom is -0.481 e. The van der Waals surface area contributed by atoms with E-state index in [1.165, 1.54) is 12.7 Å². The number of aliphatic imine (C=N–C) groups is 1. The molecule has 280 valence electrons. The maximum atomic E-state index is 11.9. The Kier molecular flexibility index (Phi) is 16.9. The van der Waals surface area contributed by atoms with E-state index in [-0.39, 0.29) is 25.6 Å². The van der Waals surface area contributed by atoms with Gasteiger partial charge in [-0.3, -0.25) is 19.4 Å². The molecule has 12 heteroatoms. The first kappa shape index (κ1) is 41.0. The predicted octanol–water partition coefficient (Wildman–Crippen LogP) is 6.56. The molecule has 0 aliphatic carbocycles. The second-order valence-electron chi connectivity index (χ2n) is 13.0. The molecule has 2 N–H and O–H groups in total. The number of aliphatic carboxylic acids is 2. The summed E-state index contributed by atoms with van der Waals surface area (Å²) in [5, 5.41) is 19.5. The monoisotopic (exact) mass is 708 g/mol. The van der Waals surface area contributed by atoms with Crippen molar-refractivity contribution in [2.24, 2.45) is 4.99 Å². The van der Waals surface area contributed by atoms with Crippen LogP contribution >= 0.6 is 0 Å².